The van der Waals surface area contributed by atoms with Crippen LogP contribution in [0, 0.1) is 5.92 Å². The van der Waals surface area contributed by atoms with E-state index in [1.807, 2.05) is 6.92 Å². The van der Waals surface area contributed by atoms with Crippen molar-refractivity contribution in [1.82, 2.24) is 4.72 Å². The molecule has 1 aromatic carbocycles. The molecule has 1 aromatic rings. The van der Waals surface area contributed by atoms with Crippen LogP contribution in [-0.2, 0) is 19.9 Å². The number of hydrogen-bond acceptors (Lipinski definition) is 5. The zero-order chi connectivity index (χ0) is 15.1. The second kappa shape index (κ2) is 5.01. The minimum Gasteiger partial charge on any atom is -0.398 e. The van der Waals surface area contributed by atoms with Gasteiger partial charge < -0.3 is 5.73 Å². The van der Waals surface area contributed by atoms with Crippen molar-refractivity contribution in [2.75, 3.05) is 12.0 Å². The van der Waals surface area contributed by atoms with Gasteiger partial charge in [-0.3, -0.25) is 0 Å². The number of sulfonamides is 1. The summed E-state index contributed by atoms with van der Waals surface area (Å²) in [5.41, 5.74) is 5.71. The second-order valence-corrected chi connectivity index (χ2v) is 8.80. The predicted octanol–water partition coefficient (Wildman–Crippen LogP) is 0.749. The van der Waals surface area contributed by atoms with Crippen LogP contribution >= 0.6 is 0 Å². The maximum atomic E-state index is 12.3. The number of hydrogen-bond donors (Lipinski definition) is 2. The van der Waals surface area contributed by atoms with Crippen LogP contribution in [0.2, 0.25) is 0 Å². The Hall–Kier alpha value is -1.12. The minimum absolute atomic E-state index is 0.0404. The Labute approximate surface area is 119 Å². The molecule has 112 valence electrons. The highest BCUT2D eigenvalue weighted by Gasteiger charge is 2.39. The first-order valence-corrected chi connectivity index (χ1v) is 9.64. The molecule has 2 unspecified atom stereocenters. The summed E-state index contributed by atoms with van der Waals surface area (Å²) in [4.78, 5) is -0.239. The lowest BCUT2D eigenvalue weighted by Crippen LogP contribution is -2.28. The first-order valence-electron chi connectivity index (χ1n) is 6.27. The molecule has 1 saturated carbocycles. The van der Waals surface area contributed by atoms with E-state index < -0.39 is 19.9 Å². The lowest BCUT2D eigenvalue weighted by molar-refractivity contribution is 0.576. The summed E-state index contributed by atoms with van der Waals surface area (Å²) >= 11 is 0. The van der Waals surface area contributed by atoms with Crippen molar-refractivity contribution in [2.45, 2.75) is 35.6 Å². The highest BCUT2D eigenvalue weighted by molar-refractivity contribution is 7.91. The zero-order valence-electron chi connectivity index (χ0n) is 11.3. The van der Waals surface area contributed by atoms with E-state index >= 15 is 0 Å². The molecule has 1 fully saturated rings. The van der Waals surface area contributed by atoms with Crippen LogP contribution in [0.4, 0.5) is 5.69 Å². The van der Waals surface area contributed by atoms with Crippen molar-refractivity contribution < 1.29 is 16.8 Å². The Morgan fingerprint density at radius 1 is 1.30 bits per heavy atom. The molecule has 0 spiro atoms. The molecule has 2 rings (SSSR count). The molecule has 0 saturated heterocycles. The summed E-state index contributed by atoms with van der Waals surface area (Å²) in [7, 11) is -7.27. The van der Waals surface area contributed by atoms with Gasteiger partial charge in [0.05, 0.1) is 10.6 Å². The van der Waals surface area contributed by atoms with Gasteiger partial charge >= 0.3 is 0 Å². The van der Waals surface area contributed by atoms with Crippen molar-refractivity contribution >= 4 is 25.5 Å². The van der Waals surface area contributed by atoms with Gasteiger partial charge in [0.2, 0.25) is 10.0 Å². The van der Waals surface area contributed by atoms with Gasteiger partial charge in [0.15, 0.2) is 9.84 Å². The average molecular weight is 318 g/mol. The molecule has 20 heavy (non-hydrogen) atoms. The smallest absolute Gasteiger partial charge is 0.242 e. The Balaban J connectivity index is 2.36. The average Bonchev–Trinajstić information content (AvgIpc) is 3.05. The number of benzene rings is 1. The number of rotatable bonds is 5. The van der Waals surface area contributed by atoms with Crippen LogP contribution in [0.15, 0.2) is 28.0 Å². The largest absolute Gasteiger partial charge is 0.398 e. The molecule has 0 amide bonds. The predicted molar refractivity (Wildman–Crippen MR) is 76.5 cm³/mol. The van der Waals surface area contributed by atoms with E-state index in [4.69, 9.17) is 5.73 Å². The Morgan fingerprint density at radius 3 is 2.45 bits per heavy atom. The summed E-state index contributed by atoms with van der Waals surface area (Å²) in [5, 5.41) is 0. The Kier molecular flexibility index (Phi) is 3.83. The van der Waals surface area contributed by atoms with Crippen LogP contribution in [0.5, 0.6) is 0 Å². The molecular weight excluding hydrogens is 300 g/mol. The summed E-state index contributed by atoms with van der Waals surface area (Å²) in [6, 6.07) is 3.63. The fourth-order valence-corrected chi connectivity index (χ4v) is 4.28. The summed E-state index contributed by atoms with van der Waals surface area (Å²) in [6.07, 6.45) is 2.74. The first kappa shape index (κ1) is 15.3. The fourth-order valence-electron chi connectivity index (χ4n) is 2.08. The normalized spacial score (nSPS) is 22.7. The van der Waals surface area contributed by atoms with E-state index in [0.717, 1.165) is 25.2 Å². The lowest BCUT2D eigenvalue weighted by Gasteiger charge is -2.10. The van der Waals surface area contributed by atoms with Gasteiger partial charge in [-0.25, -0.2) is 21.6 Å². The molecule has 3 N–H and O–H groups in total. The van der Waals surface area contributed by atoms with E-state index in [0.29, 0.717) is 5.92 Å². The minimum atomic E-state index is -3.79. The van der Waals surface area contributed by atoms with E-state index in [2.05, 4.69) is 4.72 Å². The fraction of sp³-hybridized carbons (Fsp3) is 0.500. The molecule has 0 radical (unpaired) electrons. The maximum absolute atomic E-state index is 12.3. The van der Waals surface area contributed by atoms with Crippen molar-refractivity contribution in [2.24, 2.45) is 5.92 Å². The van der Waals surface area contributed by atoms with E-state index in [1.54, 1.807) is 0 Å². The van der Waals surface area contributed by atoms with Crippen LogP contribution in [-0.4, -0.2) is 29.1 Å². The molecule has 2 atom stereocenters. The van der Waals surface area contributed by atoms with Crippen LogP contribution in [0.1, 0.15) is 19.8 Å². The van der Waals surface area contributed by atoms with Crippen molar-refractivity contribution in [3.05, 3.63) is 18.2 Å². The third-order valence-corrected chi connectivity index (χ3v) is 6.11. The van der Waals surface area contributed by atoms with Crippen LogP contribution < -0.4 is 10.5 Å². The molecule has 0 aromatic heterocycles. The highest BCUT2D eigenvalue weighted by Crippen LogP contribution is 2.35. The Bertz CT molecular complexity index is 726. The van der Waals surface area contributed by atoms with Crippen LogP contribution in [0.25, 0.3) is 0 Å². The third kappa shape index (κ3) is 3.13. The van der Waals surface area contributed by atoms with Gasteiger partial charge in [-0.2, -0.15) is 0 Å². The monoisotopic (exact) mass is 318 g/mol. The van der Waals surface area contributed by atoms with Gasteiger partial charge in [-0.05, 0) is 30.5 Å². The van der Waals surface area contributed by atoms with Gasteiger partial charge in [0, 0.05) is 12.3 Å². The maximum Gasteiger partial charge on any atom is 0.242 e. The van der Waals surface area contributed by atoms with E-state index in [1.165, 1.54) is 12.1 Å². The topological polar surface area (TPSA) is 106 Å². The zero-order valence-corrected chi connectivity index (χ0v) is 13.0. The Morgan fingerprint density at radius 2 is 1.95 bits per heavy atom. The van der Waals surface area contributed by atoms with Crippen LogP contribution in [0.3, 0.4) is 0 Å². The second-order valence-electron chi connectivity index (χ2n) is 5.10. The van der Waals surface area contributed by atoms with E-state index in [9.17, 15) is 16.8 Å². The first-order chi connectivity index (χ1) is 9.15. The van der Waals surface area contributed by atoms with Gasteiger partial charge in [0.1, 0.15) is 4.90 Å². The summed E-state index contributed by atoms with van der Waals surface area (Å²) in [6.45, 7) is 2.00. The number of nitrogens with two attached hydrogens (primary N) is 1. The molecule has 1 aliphatic carbocycles. The quantitative estimate of drug-likeness (QED) is 0.779. The lowest BCUT2D eigenvalue weighted by atomic mass is 10.3. The molecule has 0 heterocycles. The SMILES string of the molecule is CCC1CC1NS(=O)(=O)c1cc(S(C)(=O)=O)ccc1N. The number of nitrogen functional groups attached to an aromatic ring is 1. The number of sulfone groups is 1. The van der Waals surface area contributed by atoms with E-state index in [-0.39, 0.29) is 21.5 Å². The number of nitrogens with one attached hydrogen (secondary N) is 1. The molecule has 8 heteroatoms. The molecule has 1 aliphatic rings. The summed E-state index contributed by atoms with van der Waals surface area (Å²) in [5.74, 6) is 0.351. The van der Waals surface area contributed by atoms with Crippen molar-refractivity contribution in [3.8, 4) is 0 Å². The molecular formula is C12H18N2O4S2. The molecule has 6 nitrogen and oxygen atoms in total. The molecule has 0 bridgehead atoms. The summed E-state index contributed by atoms with van der Waals surface area (Å²) < 4.78 is 50.1. The van der Waals surface area contributed by atoms with Gasteiger partial charge in [-0.15, -0.1) is 0 Å². The van der Waals surface area contributed by atoms with Crippen molar-refractivity contribution in [3.63, 3.8) is 0 Å². The van der Waals surface area contributed by atoms with Gasteiger partial charge in [-0.1, -0.05) is 13.3 Å². The third-order valence-electron chi connectivity index (χ3n) is 3.46. The number of anilines is 1. The highest BCUT2D eigenvalue weighted by atomic mass is 32.2. The molecule has 0 aliphatic heterocycles. The van der Waals surface area contributed by atoms with Gasteiger partial charge in [0.25, 0.3) is 0 Å². The standard InChI is InChI=1S/C12H18N2O4S2/c1-3-8-6-11(8)14-20(17,18)12-7-9(19(2,15)16)4-5-10(12)13/h4-5,7-8,11,14H,3,6,13H2,1-2H3. The van der Waals surface area contributed by atoms with Crippen molar-refractivity contribution in [1.29, 1.82) is 0 Å².